The number of amides is 1. The largest absolute Gasteiger partial charge is 0.481 e. The number of hydrogen-bond acceptors (Lipinski definition) is 3. The van der Waals surface area contributed by atoms with Gasteiger partial charge in [0.1, 0.15) is 5.75 Å². The number of halogens is 3. The molecule has 0 spiro atoms. The summed E-state index contributed by atoms with van der Waals surface area (Å²) in [6.07, 6.45) is 0.690. The maximum absolute atomic E-state index is 12.2. The van der Waals surface area contributed by atoms with Crippen LogP contribution in [-0.2, 0) is 4.79 Å². The zero-order valence-electron chi connectivity index (χ0n) is 16.2. The van der Waals surface area contributed by atoms with Crippen LogP contribution in [0.4, 0.5) is 0 Å². The molecule has 0 radical (unpaired) electrons. The summed E-state index contributed by atoms with van der Waals surface area (Å²) in [4.78, 5) is 12.2. The Hall–Kier alpha value is -1.96. The first-order valence-electron chi connectivity index (χ1n) is 9.26. The zero-order chi connectivity index (χ0) is 21.5. The average molecular weight is 595 g/mol. The third-order valence-corrected chi connectivity index (χ3v) is 5.92. The molecule has 0 aromatic heterocycles. The molecule has 0 saturated carbocycles. The number of carbonyl (C=O) groups excluding carboxylic acids is 1. The molecule has 1 N–H and O–H groups in total. The van der Waals surface area contributed by atoms with E-state index in [0.29, 0.717) is 12.2 Å². The van der Waals surface area contributed by atoms with E-state index in [1.807, 2.05) is 49.4 Å². The SMILES string of the molecule is CC/C(=N\NC(=O)COc1c(Br)cc(Br)cc1Br)c1ccc(-c2ccccc2)cc1. The minimum Gasteiger partial charge on any atom is -0.481 e. The molecule has 0 saturated heterocycles. The van der Waals surface area contributed by atoms with E-state index in [-0.39, 0.29) is 12.5 Å². The Morgan fingerprint density at radius 2 is 1.53 bits per heavy atom. The Morgan fingerprint density at radius 3 is 2.13 bits per heavy atom. The smallest absolute Gasteiger partial charge is 0.277 e. The Kier molecular flexibility index (Phi) is 8.24. The summed E-state index contributed by atoms with van der Waals surface area (Å²) >= 11 is 10.3. The number of hydrogen-bond donors (Lipinski definition) is 1. The van der Waals surface area contributed by atoms with Crippen molar-refractivity contribution in [3.8, 4) is 16.9 Å². The maximum atomic E-state index is 12.2. The van der Waals surface area contributed by atoms with E-state index in [0.717, 1.165) is 35.8 Å². The second kappa shape index (κ2) is 10.9. The van der Waals surface area contributed by atoms with Gasteiger partial charge in [-0.3, -0.25) is 4.79 Å². The summed E-state index contributed by atoms with van der Waals surface area (Å²) in [5, 5.41) is 4.29. The van der Waals surface area contributed by atoms with E-state index < -0.39 is 0 Å². The molecule has 0 aliphatic rings. The monoisotopic (exact) mass is 592 g/mol. The summed E-state index contributed by atoms with van der Waals surface area (Å²) in [7, 11) is 0. The van der Waals surface area contributed by atoms with Gasteiger partial charge < -0.3 is 4.74 Å². The standard InChI is InChI=1S/C23H19Br3N2O2/c1-2-21(17-10-8-16(9-11-17)15-6-4-3-5-7-15)27-28-22(29)14-30-23-19(25)12-18(24)13-20(23)26/h3-13H,2,14H2,1H3,(H,28,29)/b27-21+. The molecule has 30 heavy (non-hydrogen) atoms. The predicted octanol–water partition coefficient (Wildman–Crippen LogP) is 6.95. The van der Waals surface area contributed by atoms with Gasteiger partial charge in [0.15, 0.2) is 6.61 Å². The number of benzene rings is 3. The number of ether oxygens (including phenoxy) is 1. The fraction of sp³-hybridized carbons (Fsp3) is 0.130. The molecule has 7 heteroatoms. The molecule has 0 bridgehead atoms. The molecule has 1 amide bonds. The first-order valence-corrected chi connectivity index (χ1v) is 11.6. The second-order valence-electron chi connectivity index (χ2n) is 6.38. The van der Waals surface area contributed by atoms with E-state index in [9.17, 15) is 4.79 Å². The van der Waals surface area contributed by atoms with Crippen LogP contribution in [0.15, 0.2) is 85.2 Å². The average Bonchev–Trinajstić information content (AvgIpc) is 2.74. The minimum absolute atomic E-state index is 0.147. The van der Waals surface area contributed by atoms with Crippen molar-refractivity contribution in [3.05, 3.63) is 85.7 Å². The van der Waals surface area contributed by atoms with Gasteiger partial charge in [-0.1, -0.05) is 77.5 Å². The van der Waals surface area contributed by atoms with Crippen LogP contribution >= 0.6 is 47.8 Å². The molecule has 3 aromatic carbocycles. The van der Waals surface area contributed by atoms with Crippen molar-refractivity contribution in [2.45, 2.75) is 13.3 Å². The lowest BCUT2D eigenvalue weighted by Gasteiger charge is -2.11. The highest BCUT2D eigenvalue weighted by Gasteiger charge is 2.11. The summed E-state index contributed by atoms with van der Waals surface area (Å²) in [5.74, 6) is 0.230. The van der Waals surface area contributed by atoms with E-state index in [1.54, 1.807) is 0 Å². The number of nitrogens with one attached hydrogen (secondary N) is 1. The van der Waals surface area contributed by atoms with Crippen LogP contribution in [0.3, 0.4) is 0 Å². The van der Waals surface area contributed by atoms with Gasteiger partial charge in [0, 0.05) is 4.47 Å². The zero-order valence-corrected chi connectivity index (χ0v) is 20.9. The van der Waals surface area contributed by atoms with Crippen LogP contribution in [0.5, 0.6) is 5.75 Å². The highest BCUT2D eigenvalue weighted by molar-refractivity contribution is 9.11. The molecule has 0 heterocycles. The summed E-state index contributed by atoms with van der Waals surface area (Å²) in [6.45, 7) is 1.86. The Bertz CT molecular complexity index is 1030. The normalized spacial score (nSPS) is 11.3. The summed E-state index contributed by atoms with van der Waals surface area (Å²) in [6, 6.07) is 22.0. The van der Waals surface area contributed by atoms with Crippen LogP contribution in [0, 0.1) is 0 Å². The molecule has 0 unspecified atom stereocenters. The first kappa shape index (κ1) is 22.7. The fourth-order valence-corrected chi connectivity index (χ4v) is 5.29. The number of hydrazone groups is 1. The molecule has 0 aliphatic heterocycles. The molecule has 154 valence electrons. The van der Waals surface area contributed by atoms with Crippen molar-refractivity contribution in [1.29, 1.82) is 0 Å². The Morgan fingerprint density at radius 1 is 0.933 bits per heavy atom. The Balaban J connectivity index is 1.63. The van der Waals surface area contributed by atoms with Crippen LogP contribution in [0.1, 0.15) is 18.9 Å². The summed E-state index contributed by atoms with van der Waals surface area (Å²) < 4.78 is 8.01. The van der Waals surface area contributed by atoms with Crippen molar-refractivity contribution in [2.24, 2.45) is 5.10 Å². The van der Waals surface area contributed by atoms with E-state index in [2.05, 4.69) is 82.6 Å². The highest BCUT2D eigenvalue weighted by atomic mass is 79.9. The number of carbonyl (C=O) groups is 1. The van der Waals surface area contributed by atoms with Gasteiger partial charge in [-0.15, -0.1) is 0 Å². The van der Waals surface area contributed by atoms with Gasteiger partial charge in [-0.05, 0) is 67.1 Å². The minimum atomic E-state index is -0.330. The number of nitrogens with zero attached hydrogens (tertiary/aromatic N) is 1. The molecule has 0 atom stereocenters. The van der Waals surface area contributed by atoms with Crippen LogP contribution in [0.25, 0.3) is 11.1 Å². The molecule has 4 nitrogen and oxygen atoms in total. The van der Waals surface area contributed by atoms with Gasteiger partial charge in [0.25, 0.3) is 5.91 Å². The van der Waals surface area contributed by atoms with Gasteiger partial charge in [-0.2, -0.15) is 5.10 Å². The molecule has 3 aromatic rings. The van der Waals surface area contributed by atoms with Crippen molar-refractivity contribution >= 4 is 59.4 Å². The summed E-state index contributed by atoms with van der Waals surface area (Å²) in [5.41, 5.74) is 6.65. The van der Waals surface area contributed by atoms with Crippen LogP contribution < -0.4 is 10.2 Å². The van der Waals surface area contributed by atoms with Crippen LogP contribution in [-0.4, -0.2) is 18.2 Å². The van der Waals surface area contributed by atoms with Gasteiger partial charge in [0.2, 0.25) is 0 Å². The van der Waals surface area contributed by atoms with E-state index >= 15 is 0 Å². The van der Waals surface area contributed by atoms with Gasteiger partial charge in [0.05, 0.1) is 14.7 Å². The lowest BCUT2D eigenvalue weighted by molar-refractivity contribution is -0.123. The van der Waals surface area contributed by atoms with Crippen molar-refractivity contribution < 1.29 is 9.53 Å². The lowest BCUT2D eigenvalue weighted by atomic mass is 10.0. The van der Waals surface area contributed by atoms with E-state index in [1.165, 1.54) is 0 Å². The van der Waals surface area contributed by atoms with E-state index in [4.69, 9.17) is 4.74 Å². The van der Waals surface area contributed by atoms with Gasteiger partial charge in [-0.25, -0.2) is 5.43 Å². The third kappa shape index (κ3) is 6.03. The molecule has 0 aliphatic carbocycles. The van der Waals surface area contributed by atoms with Gasteiger partial charge >= 0.3 is 0 Å². The quantitative estimate of drug-likeness (QED) is 0.238. The topological polar surface area (TPSA) is 50.7 Å². The maximum Gasteiger partial charge on any atom is 0.277 e. The third-order valence-electron chi connectivity index (χ3n) is 4.29. The second-order valence-corrected chi connectivity index (χ2v) is 9.00. The molecular formula is C23H19Br3N2O2. The molecular weight excluding hydrogens is 576 g/mol. The predicted molar refractivity (Wildman–Crippen MR) is 132 cm³/mol. The van der Waals surface area contributed by atoms with Crippen molar-refractivity contribution in [2.75, 3.05) is 6.61 Å². The van der Waals surface area contributed by atoms with Crippen molar-refractivity contribution in [3.63, 3.8) is 0 Å². The highest BCUT2D eigenvalue weighted by Crippen LogP contribution is 2.36. The first-order chi connectivity index (χ1) is 14.5. The number of rotatable bonds is 7. The fourth-order valence-electron chi connectivity index (χ4n) is 2.80. The lowest BCUT2D eigenvalue weighted by Crippen LogP contribution is -2.26. The molecule has 0 fully saturated rings. The molecule has 3 rings (SSSR count). The van der Waals surface area contributed by atoms with Crippen molar-refractivity contribution in [1.82, 2.24) is 5.43 Å². The Labute approximate surface area is 201 Å². The van der Waals surface area contributed by atoms with Crippen LogP contribution in [0.2, 0.25) is 0 Å².